The molecule has 0 saturated carbocycles. The fourth-order valence-corrected chi connectivity index (χ4v) is 3.15. The first-order chi connectivity index (χ1) is 14.2. The fourth-order valence-electron chi connectivity index (χ4n) is 3.15. The summed E-state index contributed by atoms with van der Waals surface area (Å²) < 4.78 is 16.2. The first-order valence-corrected chi connectivity index (χ1v) is 9.00. The Morgan fingerprint density at radius 3 is 2.66 bits per heavy atom. The van der Waals surface area contributed by atoms with Gasteiger partial charge in [0.25, 0.3) is 5.89 Å². The molecule has 0 aliphatic rings. The molecule has 0 aliphatic heterocycles. The lowest BCUT2D eigenvalue weighted by Gasteiger charge is -2.07. The topological polar surface area (TPSA) is 86.5 Å². The molecule has 7 heteroatoms. The number of ether oxygens (including phenoxy) is 2. The van der Waals surface area contributed by atoms with Crippen LogP contribution in [-0.2, 0) is 11.2 Å². The van der Waals surface area contributed by atoms with Gasteiger partial charge in [0.1, 0.15) is 11.5 Å². The van der Waals surface area contributed by atoms with Crippen LogP contribution in [0.2, 0.25) is 0 Å². The predicted octanol–water partition coefficient (Wildman–Crippen LogP) is 4.09. The molecule has 1 N–H and O–H groups in total. The number of nitrogens with zero attached hydrogens (tertiary/aromatic N) is 2. The maximum absolute atomic E-state index is 12.5. The molecule has 29 heavy (non-hydrogen) atoms. The van der Waals surface area contributed by atoms with E-state index < -0.39 is 0 Å². The third-order valence-corrected chi connectivity index (χ3v) is 4.54. The van der Waals surface area contributed by atoms with Gasteiger partial charge >= 0.3 is 6.01 Å². The summed E-state index contributed by atoms with van der Waals surface area (Å²) in [7, 11) is 3.12. The van der Waals surface area contributed by atoms with E-state index in [1.807, 2.05) is 42.5 Å². The van der Waals surface area contributed by atoms with Gasteiger partial charge in [0.15, 0.2) is 0 Å². The largest absolute Gasteiger partial charge is 0.497 e. The van der Waals surface area contributed by atoms with Crippen molar-refractivity contribution in [2.24, 2.45) is 0 Å². The summed E-state index contributed by atoms with van der Waals surface area (Å²) in [5.41, 5.74) is 1.50. The lowest BCUT2D eigenvalue weighted by molar-refractivity contribution is -0.115. The monoisotopic (exact) mass is 389 g/mol. The third-order valence-electron chi connectivity index (χ3n) is 4.54. The van der Waals surface area contributed by atoms with Crippen molar-refractivity contribution < 1.29 is 18.7 Å². The Morgan fingerprint density at radius 2 is 1.83 bits per heavy atom. The smallest absolute Gasteiger partial charge is 0.322 e. The van der Waals surface area contributed by atoms with Crippen LogP contribution in [0.5, 0.6) is 11.5 Å². The summed E-state index contributed by atoms with van der Waals surface area (Å²) in [6.07, 6.45) is 0.196. The number of carbonyl (C=O) groups excluding carboxylic acids is 1. The Kier molecular flexibility index (Phi) is 5.11. The summed E-state index contributed by atoms with van der Waals surface area (Å²) in [6.45, 7) is 0. The highest BCUT2D eigenvalue weighted by molar-refractivity contribution is 5.95. The minimum absolute atomic E-state index is 0.0232. The predicted molar refractivity (Wildman–Crippen MR) is 109 cm³/mol. The zero-order valence-corrected chi connectivity index (χ0v) is 16.0. The second kappa shape index (κ2) is 8.02. The normalized spacial score (nSPS) is 10.7. The number of amides is 1. The average molecular weight is 389 g/mol. The number of benzene rings is 3. The van der Waals surface area contributed by atoms with Crippen molar-refractivity contribution in [1.82, 2.24) is 10.2 Å². The van der Waals surface area contributed by atoms with Crippen molar-refractivity contribution in [3.8, 4) is 23.0 Å². The molecule has 0 atom stereocenters. The van der Waals surface area contributed by atoms with Crippen LogP contribution in [0.4, 0.5) is 6.01 Å². The van der Waals surface area contributed by atoms with E-state index in [1.165, 1.54) is 0 Å². The third kappa shape index (κ3) is 3.89. The molecule has 0 radical (unpaired) electrons. The molecule has 0 aliphatic carbocycles. The van der Waals surface area contributed by atoms with E-state index in [4.69, 9.17) is 13.9 Å². The van der Waals surface area contributed by atoms with Gasteiger partial charge in [0.2, 0.25) is 5.91 Å². The molecule has 0 spiro atoms. The highest BCUT2D eigenvalue weighted by atomic mass is 16.5. The molecule has 4 aromatic rings. The second-order valence-corrected chi connectivity index (χ2v) is 6.34. The van der Waals surface area contributed by atoms with Crippen molar-refractivity contribution in [1.29, 1.82) is 0 Å². The van der Waals surface area contributed by atoms with E-state index >= 15 is 0 Å². The van der Waals surface area contributed by atoms with Gasteiger partial charge in [0.05, 0.1) is 26.2 Å². The first-order valence-electron chi connectivity index (χ1n) is 9.00. The van der Waals surface area contributed by atoms with Gasteiger partial charge in [-0.05, 0) is 34.5 Å². The quantitative estimate of drug-likeness (QED) is 0.535. The Morgan fingerprint density at radius 1 is 1.00 bits per heavy atom. The van der Waals surface area contributed by atoms with Crippen molar-refractivity contribution in [3.63, 3.8) is 0 Å². The summed E-state index contributed by atoms with van der Waals surface area (Å²) in [4.78, 5) is 12.5. The van der Waals surface area contributed by atoms with E-state index in [0.29, 0.717) is 17.1 Å². The number of methoxy groups -OCH3 is 2. The average Bonchev–Trinajstić information content (AvgIpc) is 3.21. The molecule has 4 rings (SSSR count). The summed E-state index contributed by atoms with van der Waals surface area (Å²) in [6, 6.07) is 19.1. The van der Waals surface area contributed by atoms with Crippen LogP contribution < -0.4 is 14.8 Å². The molecule has 7 nitrogen and oxygen atoms in total. The Bertz CT molecular complexity index is 1160. The molecule has 1 amide bonds. The summed E-state index contributed by atoms with van der Waals surface area (Å²) >= 11 is 0. The minimum Gasteiger partial charge on any atom is -0.497 e. The Balaban J connectivity index is 1.53. The van der Waals surface area contributed by atoms with Gasteiger partial charge in [-0.2, -0.15) is 0 Å². The lowest BCUT2D eigenvalue weighted by atomic mass is 10.0. The van der Waals surface area contributed by atoms with Crippen LogP contribution in [-0.4, -0.2) is 30.3 Å². The maximum atomic E-state index is 12.5. The molecule has 0 saturated heterocycles. The van der Waals surface area contributed by atoms with Gasteiger partial charge in [0, 0.05) is 0 Å². The van der Waals surface area contributed by atoms with Crippen LogP contribution in [0, 0.1) is 0 Å². The van der Waals surface area contributed by atoms with Crippen LogP contribution in [0.15, 0.2) is 65.1 Å². The minimum atomic E-state index is -0.242. The SMILES string of the molecule is COc1ccc(OC)c(-c2nnc(NC(=O)Cc3cccc4ccccc34)o2)c1. The second-order valence-electron chi connectivity index (χ2n) is 6.34. The number of aromatic nitrogens is 2. The molecular weight excluding hydrogens is 370 g/mol. The summed E-state index contributed by atoms with van der Waals surface area (Å²) in [5, 5.41) is 12.7. The highest BCUT2D eigenvalue weighted by Crippen LogP contribution is 2.33. The maximum Gasteiger partial charge on any atom is 0.322 e. The van der Waals surface area contributed by atoms with Crippen LogP contribution in [0.25, 0.3) is 22.2 Å². The number of hydrogen-bond acceptors (Lipinski definition) is 6. The lowest BCUT2D eigenvalue weighted by Crippen LogP contribution is -2.14. The van der Waals surface area contributed by atoms with Gasteiger partial charge in [-0.3, -0.25) is 10.1 Å². The highest BCUT2D eigenvalue weighted by Gasteiger charge is 2.16. The standard InChI is InChI=1S/C22H19N3O4/c1-27-16-10-11-19(28-2)18(13-16)21-24-25-22(29-21)23-20(26)12-15-8-5-7-14-6-3-4-9-17(14)15/h3-11,13H,12H2,1-2H3,(H,23,25,26). The van der Waals surface area contributed by atoms with Crippen molar-refractivity contribution in [3.05, 3.63) is 66.2 Å². The molecule has 1 heterocycles. The van der Waals surface area contributed by atoms with Crippen LogP contribution >= 0.6 is 0 Å². The molecule has 3 aromatic carbocycles. The first kappa shape index (κ1) is 18.5. The number of anilines is 1. The zero-order valence-electron chi connectivity index (χ0n) is 16.0. The molecule has 0 bridgehead atoms. The summed E-state index contributed by atoms with van der Waals surface area (Å²) in [5.74, 6) is 1.17. The molecular formula is C22H19N3O4. The van der Waals surface area contributed by atoms with Crippen molar-refractivity contribution in [2.75, 3.05) is 19.5 Å². The number of carbonyl (C=O) groups is 1. The number of hydrogen-bond donors (Lipinski definition) is 1. The fraction of sp³-hybridized carbons (Fsp3) is 0.136. The van der Waals surface area contributed by atoms with Gasteiger partial charge in [-0.1, -0.05) is 47.6 Å². The zero-order chi connectivity index (χ0) is 20.2. The van der Waals surface area contributed by atoms with E-state index in [1.54, 1.807) is 32.4 Å². The van der Waals surface area contributed by atoms with E-state index in [2.05, 4.69) is 15.5 Å². The Labute approximate surface area is 167 Å². The molecule has 0 unspecified atom stereocenters. The van der Waals surface area contributed by atoms with Crippen LogP contribution in [0.1, 0.15) is 5.56 Å². The van der Waals surface area contributed by atoms with Gasteiger partial charge < -0.3 is 13.9 Å². The number of nitrogens with one attached hydrogen (secondary N) is 1. The van der Waals surface area contributed by atoms with E-state index in [-0.39, 0.29) is 24.2 Å². The van der Waals surface area contributed by atoms with Gasteiger partial charge in [-0.15, -0.1) is 5.10 Å². The molecule has 146 valence electrons. The van der Waals surface area contributed by atoms with Gasteiger partial charge in [-0.25, -0.2) is 0 Å². The molecule has 0 fully saturated rings. The number of rotatable bonds is 6. The van der Waals surface area contributed by atoms with Crippen molar-refractivity contribution >= 4 is 22.7 Å². The van der Waals surface area contributed by atoms with Crippen LogP contribution in [0.3, 0.4) is 0 Å². The van der Waals surface area contributed by atoms with E-state index in [0.717, 1.165) is 16.3 Å². The number of fused-ring (bicyclic) bond motifs is 1. The van der Waals surface area contributed by atoms with Crippen molar-refractivity contribution in [2.45, 2.75) is 6.42 Å². The molecule has 1 aromatic heterocycles. The Hall–Kier alpha value is -3.87. The van der Waals surface area contributed by atoms with E-state index in [9.17, 15) is 4.79 Å².